The third-order valence-electron chi connectivity index (χ3n) is 2.04. The van der Waals surface area contributed by atoms with E-state index < -0.39 is 0 Å². The van der Waals surface area contributed by atoms with Crippen molar-refractivity contribution in [3.05, 3.63) is 34.2 Å². The van der Waals surface area contributed by atoms with Crippen LogP contribution in [-0.4, -0.2) is 14.5 Å². The van der Waals surface area contributed by atoms with Gasteiger partial charge in [-0.25, -0.2) is 4.98 Å². The number of aliphatic hydroxyl groups excluding tert-OH is 1. The number of halogens is 1. The van der Waals surface area contributed by atoms with Gasteiger partial charge in [-0.3, -0.25) is 4.40 Å². The molecule has 1 N–H and O–H groups in total. The molecule has 0 aliphatic heterocycles. The zero-order chi connectivity index (χ0) is 9.42. The standard InChI is InChI=1S/C9H9BrN2O/c1-6-7(5-13)12-8(10)3-2-4-9(12)11-6/h2-4,13H,5H2,1H3. The van der Waals surface area contributed by atoms with E-state index in [2.05, 4.69) is 20.9 Å². The van der Waals surface area contributed by atoms with Crippen molar-refractivity contribution in [2.75, 3.05) is 0 Å². The number of hydrogen-bond acceptors (Lipinski definition) is 2. The molecule has 68 valence electrons. The predicted octanol–water partition coefficient (Wildman–Crippen LogP) is 1.90. The Balaban J connectivity index is 2.88. The van der Waals surface area contributed by atoms with Crippen LogP contribution in [0, 0.1) is 6.92 Å². The summed E-state index contributed by atoms with van der Waals surface area (Å²) in [4.78, 5) is 4.32. The van der Waals surface area contributed by atoms with Crippen molar-refractivity contribution in [1.29, 1.82) is 0 Å². The second kappa shape index (κ2) is 3.12. The minimum atomic E-state index is 0.00954. The van der Waals surface area contributed by atoms with Gasteiger partial charge in [-0.2, -0.15) is 0 Å². The molecule has 3 nitrogen and oxygen atoms in total. The van der Waals surface area contributed by atoms with E-state index in [1.165, 1.54) is 0 Å². The molecule has 0 saturated heterocycles. The van der Waals surface area contributed by atoms with Crippen molar-refractivity contribution >= 4 is 21.6 Å². The van der Waals surface area contributed by atoms with Crippen LogP contribution in [0.4, 0.5) is 0 Å². The van der Waals surface area contributed by atoms with Crippen molar-refractivity contribution in [3.63, 3.8) is 0 Å². The molecule has 13 heavy (non-hydrogen) atoms. The smallest absolute Gasteiger partial charge is 0.138 e. The maximum absolute atomic E-state index is 9.15. The Morgan fingerprint density at radius 3 is 3.00 bits per heavy atom. The van der Waals surface area contributed by atoms with Crippen LogP contribution in [0.25, 0.3) is 5.65 Å². The van der Waals surface area contributed by atoms with Crippen LogP contribution in [0.2, 0.25) is 0 Å². The first-order chi connectivity index (χ1) is 6.24. The van der Waals surface area contributed by atoms with E-state index >= 15 is 0 Å². The van der Waals surface area contributed by atoms with E-state index in [0.29, 0.717) is 0 Å². The van der Waals surface area contributed by atoms with Crippen molar-refractivity contribution < 1.29 is 5.11 Å². The number of nitrogens with zero attached hydrogens (tertiary/aromatic N) is 2. The molecule has 0 aliphatic carbocycles. The van der Waals surface area contributed by atoms with Crippen LogP contribution in [0.15, 0.2) is 22.8 Å². The minimum absolute atomic E-state index is 0.00954. The Labute approximate surface area is 84.2 Å². The summed E-state index contributed by atoms with van der Waals surface area (Å²) >= 11 is 3.41. The van der Waals surface area contributed by atoms with Gasteiger partial charge >= 0.3 is 0 Å². The molecule has 0 aliphatic rings. The normalized spacial score (nSPS) is 11.0. The summed E-state index contributed by atoms with van der Waals surface area (Å²) in [5.74, 6) is 0. The van der Waals surface area contributed by atoms with Crippen LogP contribution in [0.5, 0.6) is 0 Å². The lowest BCUT2D eigenvalue weighted by molar-refractivity contribution is 0.274. The molecule has 2 heterocycles. The van der Waals surface area contributed by atoms with Crippen LogP contribution < -0.4 is 0 Å². The van der Waals surface area contributed by atoms with Gasteiger partial charge in [0, 0.05) is 0 Å². The first-order valence-corrected chi connectivity index (χ1v) is 4.76. The van der Waals surface area contributed by atoms with Gasteiger partial charge in [0.15, 0.2) is 0 Å². The number of fused-ring (bicyclic) bond motifs is 1. The number of aromatic nitrogens is 2. The molecule has 0 fully saturated rings. The monoisotopic (exact) mass is 240 g/mol. The fraction of sp³-hybridized carbons (Fsp3) is 0.222. The Hall–Kier alpha value is -0.870. The van der Waals surface area contributed by atoms with Gasteiger partial charge in [0.25, 0.3) is 0 Å². The summed E-state index contributed by atoms with van der Waals surface area (Å²) in [6, 6.07) is 5.76. The number of aliphatic hydroxyl groups is 1. The fourth-order valence-corrected chi connectivity index (χ4v) is 1.96. The Morgan fingerprint density at radius 1 is 1.54 bits per heavy atom. The lowest BCUT2D eigenvalue weighted by atomic mass is 10.3. The number of rotatable bonds is 1. The average Bonchev–Trinajstić information content (AvgIpc) is 2.42. The minimum Gasteiger partial charge on any atom is -0.390 e. The fourth-order valence-electron chi connectivity index (χ4n) is 1.41. The van der Waals surface area contributed by atoms with Crippen molar-refractivity contribution in [1.82, 2.24) is 9.38 Å². The lowest BCUT2D eigenvalue weighted by Gasteiger charge is -2.00. The number of imidazole rings is 1. The second-order valence-electron chi connectivity index (χ2n) is 2.84. The average molecular weight is 241 g/mol. The van der Waals surface area contributed by atoms with Crippen LogP contribution in [-0.2, 0) is 6.61 Å². The first-order valence-electron chi connectivity index (χ1n) is 3.97. The first kappa shape index (κ1) is 8.72. The highest BCUT2D eigenvalue weighted by Crippen LogP contribution is 2.18. The maximum Gasteiger partial charge on any atom is 0.138 e. The number of pyridine rings is 1. The highest BCUT2D eigenvalue weighted by Gasteiger charge is 2.08. The number of hydrogen-bond donors (Lipinski definition) is 1. The molecule has 2 aromatic rings. The molecule has 0 unspecified atom stereocenters. The Morgan fingerprint density at radius 2 is 2.31 bits per heavy atom. The van der Waals surface area contributed by atoms with E-state index in [-0.39, 0.29) is 6.61 Å². The van der Waals surface area contributed by atoms with Crippen molar-refractivity contribution in [2.24, 2.45) is 0 Å². The molecule has 0 atom stereocenters. The molecule has 0 aromatic carbocycles. The topological polar surface area (TPSA) is 37.5 Å². The Kier molecular flexibility index (Phi) is 2.09. The summed E-state index contributed by atoms with van der Waals surface area (Å²) in [5, 5.41) is 9.15. The molecule has 4 heteroatoms. The van der Waals surface area contributed by atoms with Gasteiger partial charge in [-0.1, -0.05) is 6.07 Å². The number of aryl methyl sites for hydroxylation is 1. The second-order valence-corrected chi connectivity index (χ2v) is 3.66. The molecule has 0 amide bonds. The third-order valence-corrected chi connectivity index (χ3v) is 2.66. The third kappa shape index (κ3) is 1.26. The van der Waals surface area contributed by atoms with Crippen LogP contribution in [0.3, 0.4) is 0 Å². The van der Waals surface area contributed by atoms with E-state index in [4.69, 9.17) is 5.11 Å². The Bertz CT molecular complexity index is 450. The maximum atomic E-state index is 9.15. The molecule has 2 aromatic heterocycles. The molecule has 0 saturated carbocycles. The van der Waals surface area contributed by atoms with Crippen LogP contribution >= 0.6 is 15.9 Å². The highest BCUT2D eigenvalue weighted by atomic mass is 79.9. The lowest BCUT2D eigenvalue weighted by Crippen LogP contribution is -1.94. The summed E-state index contributed by atoms with van der Waals surface area (Å²) in [6.45, 7) is 1.90. The van der Waals surface area contributed by atoms with Crippen LogP contribution in [0.1, 0.15) is 11.4 Å². The molecule has 0 radical (unpaired) electrons. The molecule has 0 spiro atoms. The summed E-state index contributed by atoms with van der Waals surface area (Å²) in [6.07, 6.45) is 0. The zero-order valence-corrected chi connectivity index (χ0v) is 8.74. The zero-order valence-electron chi connectivity index (χ0n) is 7.16. The van der Waals surface area contributed by atoms with E-state index in [1.807, 2.05) is 29.5 Å². The van der Waals surface area contributed by atoms with Gasteiger partial charge in [-0.15, -0.1) is 0 Å². The quantitative estimate of drug-likeness (QED) is 0.774. The van der Waals surface area contributed by atoms with Crippen molar-refractivity contribution in [2.45, 2.75) is 13.5 Å². The largest absolute Gasteiger partial charge is 0.390 e. The van der Waals surface area contributed by atoms with Gasteiger partial charge in [0.2, 0.25) is 0 Å². The summed E-state index contributed by atoms with van der Waals surface area (Å²) in [5.41, 5.74) is 2.56. The van der Waals surface area contributed by atoms with Gasteiger partial charge in [-0.05, 0) is 35.0 Å². The van der Waals surface area contributed by atoms with Gasteiger partial charge in [0.1, 0.15) is 5.65 Å². The SMILES string of the molecule is Cc1nc2cccc(Br)n2c1CO. The molecular weight excluding hydrogens is 232 g/mol. The predicted molar refractivity (Wildman–Crippen MR) is 53.6 cm³/mol. The molecule has 2 rings (SSSR count). The molecular formula is C9H9BrN2O. The van der Waals surface area contributed by atoms with Gasteiger partial charge < -0.3 is 5.11 Å². The van der Waals surface area contributed by atoms with E-state index in [9.17, 15) is 0 Å². The molecule has 0 bridgehead atoms. The van der Waals surface area contributed by atoms with E-state index in [1.54, 1.807) is 0 Å². The van der Waals surface area contributed by atoms with Crippen molar-refractivity contribution in [3.8, 4) is 0 Å². The van der Waals surface area contributed by atoms with E-state index in [0.717, 1.165) is 21.6 Å². The summed E-state index contributed by atoms with van der Waals surface area (Å²) in [7, 11) is 0. The van der Waals surface area contributed by atoms with Gasteiger partial charge in [0.05, 0.1) is 22.6 Å². The highest BCUT2D eigenvalue weighted by molar-refractivity contribution is 9.10. The summed E-state index contributed by atoms with van der Waals surface area (Å²) < 4.78 is 2.81.